The highest BCUT2D eigenvalue weighted by Gasteiger charge is 2.27. The van der Waals surface area contributed by atoms with E-state index in [9.17, 15) is 28.7 Å². The van der Waals surface area contributed by atoms with Gasteiger partial charge in [-0.05, 0) is 54.3 Å². The van der Waals surface area contributed by atoms with E-state index in [1.165, 1.54) is 24.3 Å². The van der Waals surface area contributed by atoms with Gasteiger partial charge < -0.3 is 25.5 Å². The van der Waals surface area contributed by atoms with Crippen molar-refractivity contribution in [3.8, 4) is 0 Å². The van der Waals surface area contributed by atoms with Crippen molar-refractivity contribution in [1.29, 1.82) is 0 Å². The van der Waals surface area contributed by atoms with Crippen LogP contribution < -0.4 is 15.5 Å². The van der Waals surface area contributed by atoms with Crippen LogP contribution in [0.25, 0.3) is 0 Å². The lowest BCUT2D eigenvalue weighted by atomic mass is 9.91. The Morgan fingerprint density at radius 3 is 2.16 bits per heavy atom. The third-order valence-corrected chi connectivity index (χ3v) is 7.41. The standard InChI is InChI=1S/C34H39FN4O5/c1-22-8-10-23(11-9-22)27(20-31(41)42)36-33(44)25-12-13-29(28(19-25)37-32(43)24-6-5-7-26(35)18-24)38-14-16-39(17-15-38)30(40)21-34(2,3)4/h5-13,18-19,27H,14-17,20-21H2,1-4H3,(H,36,44)(H,37,43)(H,41,42). The van der Waals surface area contributed by atoms with Crippen LogP contribution in [0.15, 0.2) is 66.7 Å². The molecule has 4 rings (SSSR count). The van der Waals surface area contributed by atoms with Crippen molar-refractivity contribution in [3.05, 3.63) is 94.8 Å². The van der Waals surface area contributed by atoms with E-state index in [1.807, 2.05) is 49.6 Å². The fourth-order valence-electron chi connectivity index (χ4n) is 5.11. The van der Waals surface area contributed by atoms with Crippen LogP contribution in [-0.2, 0) is 9.59 Å². The number of benzene rings is 3. The van der Waals surface area contributed by atoms with Gasteiger partial charge in [-0.15, -0.1) is 0 Å². The number of nitrogens with zero attached hydrogens (tertiary/aromatic N) is 2. The number of amides is 3. The lowest BCUT2D eigenvalue weighted by molar-refractivity contribution is -0.137. The summed E-state index contributed by atoms with van der Waals surface area (Å²) in [5.41, 5.74) is 2.85. The highest BCUT2D eigenvalue weighted by molar-refractivity contribution is 6.07. The van der Waals surface area contributed by atoms with E-state index in [2.05, 4.69) is 10.6 Å². The molecule has 0 bridgehead atoms. The summed E-state index contributed by atoms with van der Waals surface area (Å²) in [4.78, 5) is 54.8. The molecule has 1 aliphatic heterocycles. The molecule has 3 amide bonds. The molecule has 232 valence electrons. The molecule has 1 saturated heterocycles. The summed E-state index contributed by atoms with van der Waals surface area (Å²) >= 11 is 0. The summed E-state index contributed by atoms with van der Waals surface area (Å²) in [6.07, 6.45) is 0.130. The lowest BCUT2D eigenvalue weighted by Gasteiger charge is -2.38. The molecule has 9 nitrogen and oxygen atoms in total. The summed E-state index contributed by atoms with van der Waals surface area (Å²) in [6.45, 7) is 10.0. The summed E-state index contributed by atoms with van der Waals surface area (Å²) < 4.78 is 13.9. The number of rotatable bonds is 9. The molecule has 0 spiro atoms. The number of aryl methyl sites for hydroxylation is 1. The predicted octanol–water partition coefficient (Wildman–Crippen LogP) is 5.42. The zero-order valence-corrected chi connectivity index (χ0v) is 25.5. The first-order valence-electron chi connectivity index (χ1n) is 14.6. The van der Waals surface area contributed by atoms with Crippen molar-refractivity contribution in [3.63, 3.8) is 0 Å². The van der Waals surface area contributed by atoms with Gasteiger partial charge >= 0.3 is 5.97 Å². The number of hydrogen-bond donors (Lipinski definition) is 3. The molecule has 1 heterocycles. The Balaban J connectivity index is 1.59. The number of halogens is 1. The van der Waals surface area contributed by atoms with Gasteiger partial charge in [0.05, 0.1) is 23.8 Å². The summed E-state index contributed by atoms with van der Waals surface area (Å²) in [5.74, 6) is -2.58. The smallest absolute Gasteiger partial charge is 0.305 e. The first-order valence-corrected chi connectivity index (χ1v) is 14.6. The normalized spacial score (nSPS) is 14.1. The van der Waals surface area contributed by atoms with Crippen LogP contribution in [0.3, 0.4) is 0 Å². The quantitative estimate of drug-likeness (QED) is 0.301. The molecule has 1 unspecified atom stereocenters. The molecule has 3 N–H and O–H groups in total. The van der Waals surface area contributed by atoms with Crippen LogP contribution in [0, 0.1) is 18.2 Å². The van der Waals surface area contributed by atoms with E-state index in [0.717, 1.165) is 11.6 Å². The van der Waals surface area contributed by atoms with Gasteiger partial charge in [-0.2, -0.15) is 0 Å². The molecule has 44 heavy (non-hydrogen) atoms. The van der Waals surface area contributed by atoms with Crippen LogP contribution in [0.5, 0.6) is 0 Å². The fourth-order valence-corrected chi connectivity index (χ4v) is 5.11. The molecule has 10 heteroatoms. The molecule has 0 radical (unpaired) electrons. The average molecular weight is 603 g/mol. The van der Waals surface area contributed by atoms with Gasteiger partial charge in [-0.25, -0.2) is 4.39 Å². The van der Waals surface area contributed by atoms with E-state index in [-0.39, 0.29) is 28.9 Å². The minimum Gasteiger partial charge on any atom is -0.481 e. The Labute approximate surface area is 257 Å². The SMILES string of the molecule is Cc1ccc(C(CC(=O)O)NC(=O)c2ccc(N3CCN(C(=O)CC(C)(C)C)CC3)c(NC(=O)c3cccc(F)c3)c2)cc1. The zero-order chi connectivity index (χ0) is 32.0. The predicted molar refractivity (Wildman–Crippen MR) is 167 cm³/mol. The van der Waals surface area contributed by atoms with Gasteiger partial charge in [0.25, 0.3) is 11.8 Å². The van der Waals surface area contributed by atoms with Gasteiger partial charge in [-0.1, -0.05) is 56.7 Å². The van der Waals surface area contributed by atoms with Crippen molar-refractivity contribution in [1.82, 2.24) is 10.2 Å². The van der Waals surface area contributed by atoms with Gasteiger partial charge in [0, 0.05) is 43.7 Å². The molecular weight excluding hydrogens is 563 g/mol. The summed E-state index contributed by atoms with van der Waals surface area (Å²) in [7, 11) is 0. The van der Waals surface area contributed by atoms with E-state index in [0.29, 0.717) is 49.5 Å². The van der Waals surface area contributed by atoms with Crippen LogP contribution in [-0.4, -0.2) is 59.9 Å². The number of carbonyl (C=O) groups excluding carboxylic acids is 3. The maximum atomic E-state index is 13.9. The topological polar surface area (TPSA) is 119 Å². The summed E-state index contributed by atoms with van der Waals surface area (Å²) in [5, 5.41) is 15.1. The minimum absolute atomic E-state index is 0.0910. The van der Waals surface area contributed by atoms with Crippen LogP contribution >= 0.6 is 0 Å². The largest absolute Gasteiger partial charge is 0.481 e. The van der Waals surface area contributed by atoms with Gasteiger partial charge in [-0.3, -0.25) is 19.2 Å². The number of carbonyl (C=O) groups is 4. The number of carboxylic acids is 1. The monoisotopic (exact) mass is 602 g/mol. The molecule has 1 atom stereocenters. The first-order chi connectivity index (χ1) is 20.8. The molecule has 0 saturated carbocycles. The Morgan fingerprint density at radius 2 is 1.55 bits per heavy atom. The number of carboxylic acid groups (broad SMARTS) is 1. The van der Waals surface area contributed by atoms with Gasteiger partial charge in [0.15, 0.2) is 0 Å². The third kappa shape index (κ3) is 8.65. The number of hydrogen-bond acceptors (Lipinski definition) is 5. The van der Waals surface area contributed by atoms with E-state index >= 15 is 0 Å². The van der Waals surface area contributed by atoms with Gasteiger partial charge in [0.1, 0.15) is 5.82 Å². The number of piperazine rings is 1. The molecule has 1 fully saturated rings. The third-order valence-electron chi connectivity index (χ3n) is 7.41. The number of anilines is 2. The van der Waals surface area contributed by atoms with E-state index in [1.54, 1.807) is 24.3 Å². The lowest BCUT2D eigenvalue weighted by Crippen LogP contribution is -2.49. The maximum Gasteiger partial charge on any atom is 0.305 e. The Morgan fingerprint density at radius 1 is 0.886 bits per heavy atom. The van der Waals surface area contributed by atoms with Crippen molar-refractivity contribution >= 4 is 35.1 Å². The van der Waals surface area contributed by atoms with Crippen LogP contribution in [0.4, 0.5) is 15.8 Å². The highest BCUT2D eigenvalue weighted by atomic mass is 19.1. The Bertz CT molecular complexity index is 1530. The number of aliphatic carboxylic acids is 1. The summed E-state index contributed by atoms with van der Waals surface area (Å²) in [6, 6.07) is 16.7. The Hall–Kier alpha value is -4.73. The molecule has 0 aromatic heterocycles. The van der Waals surface area contributed by atoms with Crippen molar-refractivity contribution in [2.75, 3.05) is 36.4 Å². The Kier molecular flexibility index (Phi) is 10.0. The average Bonchev–Trinajstić information content (AvgIpc) is 2.96. The van der Waals surface area contributed by atoms with E-state index < -0.39 is 29.6 Å². The molecule has 1 aliphatic rings. The molecular formula is C34H39FN4O5. The second kappa shape index (κ2) is 13.7. The molecule has 0 aliphatic carbocycles. The number of nitrogens with one attached hydrogen (secondary N) is 2. The first kappa shape index (κ1) is 32.2. The molecule has 3 aromatic rings. The molecule has 3 aromatic carbocycles. The van der Waals surface area contributed by atoms with E-state index in [4.69, 9.17) is 0 Å². The minimum atomic E-state index is -1.06. The van der Waals surface area contributed by atoms with Crippen LogP contribution in [0.2, 0.25) is 0 Å². The highest BCUT2D eigenvalue weighted by Crippen LogP contribution is 2.30. The van der Waals surface area contributed by atoms with Crippen molar-refractivity contribution in [2.24, 2.45) is 5.41 Å². The maximum absolute atomic E-state index is 13.9. The fraction of sp³-hybridized carbons (Fsp3) is 0.353. The van der Waals surface area contributed by atoms with Crippen molar-refractivity contribution in [2.45, 2.75) is 46.6 Å². The second-order valence-electron chi connectivity index (χ2n) is 12.3. The van der Waals surface area contributed by atoms with Gasteiger partial charge in [0.2, 0.25) is 5.91 Å². The van der Waals surface area contributed by atoms with Crippen LogP contribution in [0.1, 0.15) is 71.5 Å². The zero-order valence-electron chi connectivity index (χ0n) is 25.5. The second-order valence-corrected chi connectivity index (χ2v) is 12.3. The van der Waals surface area contributed by atoms with Crippen molar-refractivity contribution < 1.29 is 28.7 Å².